The standard InChI is InChI=1S/C13H23N5/c1-3-15-10-8-11(18-12(14)17-10)16-9-13(2)6-4-5-7-13/h8H,3-7,9H2,1-2H3,(H4,14,15,16,17,18). The molecule has 0 saturated heterocycles. The van der Waals surface area contributed by atoms with Crippen LogP contribution in [0.1, 0.15) is 39.5 Å². The molecule has 1 fully saturated rings. The van der Waals surface area contributed by atoms with E-state index in [0.29, 0.717) is 11.4 Å². The molecule has 0 radical (unpaired) electrons. The average Bonchev–Trinajstić information content (AvgIpc) is 2.74. The van der Waals surface area contributed by atoms with Gasteiger partial charge in [-0.25, -0.2) is 0 Å². The van der Waals surface area contributed by atoms with E-state index >= 15 is 0 Å². The molecule has 5 heteroatoms. The second-order valence-electron chi connectivity index (χ2n) is 5.40. The summed E-state index contributed by atoms with van der Waals surface area (Å²) >= 11 is 0. The first-order chi connectivity index (χ1) is 8.61. The molecule has 1 aliphatic carbocycles. The molecule has 0 atom stereocenters. The van der Waals surface area contributed by atoms with Crippen molar-refractivity contribution in [3.63, 3.8) is 0 Å². The Balaban J connectivity index is 2.00. The fraction of sp³-hybridized carbons (Fsp3) is 0.692. The topological polar surface area (TPSA) is 75.9 Å². The van der Waals surface area contributed by atoms with Crippen LogP contribution in [0.4, 0.5) is 17.6 Å². The van der Waals surface area contributed by atoms with Gasteiger partial charge in [-0.3, -0.25) is 0 Å². The molecule has 0 amide bonds. The van der Waals surface area contributed by atoms with Crippen LogP contribution >= 0.6 is 0 Å². The average molecular weight is 249 g/mol. The molecule has 1 aliphatic rings. The van der Waals surface area contributed by atoms with E-state index in [4.69, 9.17) is 5.73 Å². The smallest absolute Gasteiger partial charge is 0.223 e. The van der Waals surface area contributed by atoms with E-state index in [1.165, 1.54) is 25.7 Å². The quantitative estimate of drug-likeness (QED) is 0.747. The first-order valence-electron chi connectivity index (χ1n) is 6.74. The van der Waals surface area contributed by atoms with Crippen molar-refractivity contribution < 1.29 is 0 Å². The Morgan fingerprint density at radius 2 is 1.83 bits per heavy atom. The second kappa shape index (κ2) is 5.42. The summed E-state index contributed by atoms with van der Waals surface area (Å²) < 4.78 is 0. The Hall–Kier alpha value is -1.52. The van der Waals surface area contributed by atoms with Crippen molar-refractivity contribution >= 4 is 17.6 Å². The number of anilines is 3. The number of rotatable bonds is 5. The molecular formula is C13H23N5. The van der Waals surface area contributed by atoms with Crippen LogP contribution in [0.3, 0.4) is 0 Å². The molecule has 1 aromatic heterocycles. The van der Waals surface area contributed by atoms with Gasteiger partial charge in [-0.15, -0.1) is 0 Å². The Labute approximate surface area is 109 Å². The maximum atomic E-state index is 5.70. The second-order valence-corrected chi connectivity index (χ2v) is 5.40. The fourth-order valence-electron chi connectivity index (χ4n) is 2.54. The number of hydrogen-bond donors (Lipinski definition) is 3. The zero-order valence-corrected chi connectivity index (χ0v) is 11.3. The summed E-state index contributed by atoms with van der Waals surface area (Å²) in [6.45, 7) is 6.15. The van der Waals surface area contributed by atoms with Crippen LogP contribution in [0.15, 0.2) is 6.07 Å². The van der Waals surface area contributed by atoms with Crippen molar-refractivity contribution in [2.45, 2.75) is 39.5 Å². The molecule has 0 aliphatic heterocycles. The van der Waals surface area contributed by atoms with E-state index in [2.05, 4.69) is 27.5 Å². The minimum absolute atomic E-state index is 0.313. The van der Waals surface area contributed by atoms with Crippen LogP contribution < -0.4 is 16.4 Å². The van der Waals surface area contributed by atoms with Crippen LogP contribution in [-0.4, -0.2) is 23.1 Å². The molecule has 0 unspecified atom stereocenters. The van der Waals surface area contributed by atoms with Gasteiger partial charge in [-0.05, 0) is 25.2 Å². The Bertz CT molecular complexity index is 398. The third-order valence-corrected chi connectivity index (χ3v) is 3.61. The highest BCUT2D eigenvalue weighted by molar-refractivity contribution is 5.51. The van der Waals surface area contributed by atoms with E-state index in [1.807, 2.05) is 13.0 Å². The maximum absolute atomic E-state index is 5.70. The van der Waals surface area contributed by atoms with Crippen LogP contribution in [0.25, 0.3) is 0 Å². The highest BCUT2D eigenvalue weighted by atomic mass is 15.1. The summed E-state index contributed by atoms with van der Waals surface area (Å²) in [5.41, 5.74) is 6.11. The maximum Gasteiger partial charge on any atom is 0.223 e. The summed E-state index contributed by atoms with van der Waals surface area (Å²) in [6, 6.07) is 1.91. The monoisotopic (exact) mass is 249 g/mol. The number of aromatic nitrogens is 2. The molecule has 18 heavy (non-hydrogen) atoms. The Morgan fingerprint density at radius 1 is 1.22 bits per heavy atom. The van der Waals surface area contributed by atoms with E-state index < -0.39 is 0 Å². The molecular weight excluding hydrogens is 226 g/mol. The normalized spacial score (nSPS) is 17.7. The molecule has 0 spiro atoms. The van der Waals surface area contributed by atoms with Crippen LogP contribution in [0.2, 0.25) is 0 Å². The van der Waals surface area contributed by atoms with Crippen molar-refractivity contribution in [1.29, 1.82) is 0 Å². The lowest BCUT2D eigenvalue weighted by molar-refractivity contribution is 0.361. The lowest BCUT2D eigenvalue weighted by atomic mass is 9.89. The molecule has 4 N–H and O–H groups in total. The molecule has 2 rings (SSSR count). The van der Waals surface area contributed by atoms with Gasteiger partial charge in [0.25, 0.3) is 0 Å². The fourth-order valence-corrected chi connectivity index (χ4v) is 2.54. The van der Waals surface area contributed by atoms with Crippen LogP contribution in [0, 0.1) is 5.41 Å². The first-order valence-corrected chi connectivity index (χ1v) is 6.74. The molecule has 0 bridgehead atoms. The van der Waals surface area contributed by atoms with Crippen LogP contribution in [-0.2, 0) is 0 Å². The van der Waals surface area contributed by atoms with Crippen molar-refractivity contribution in [3.05, 3.63) is 6.07 Å². The third-order valence-electron chi connectivity index (χ3n) is 3.61. The first kappa shape index (κ1) is 12.9. The van der Waals surface area contributed by atoms with Gasteiger partial charge in [0.2, 0.25) is 5.95 Å². The van der Waals surface area contributed by atoms with Crippen molar-refractivity contribution in [3.8, 4) is 0 Å². The van der Waals surface area contributed by atoms with E-state index in [1.54, 1.807) is 0 Å². The van der Waals surface area contributed by atoms with Gasteiger partial charge in [0.15, 0.2) is 0 Å². The van der Waals surface area contributed by atoms with Gasteiger partial charge in [0, 0.05) is 19.2 Å². The number of nitrogen functional groups attached to an aromatic ring is 1. The van der Waals surface area contributed by atoms with Crippen LogP contribution in [0.5, 0.6) is 0 Å². The van der Waals surface area contributed by atoms with E-state index in [-0.39, 0.29) is 0 Å². The van der Waals surface area contributed by atoms with Gasteiger partial charge in [0.1, 0.15) is 11.6 Å². The highest BCUT2D eigenvalue weighted by Gasteiger charge is 2.28. The van der Waals surface area contributed by atoms with Crippen molar-refractivity contribution in [1.82, 2.24) is 9.97 Å². The van der Waals surface area contributed by atoms with Crippen molar-refractivity contribution in [2.75, 3.05) is 29.5 Å². The number of nitrogens with zero attached hydrogens (tertiary/aromatic N) is 2. The SMILES string of the molecule is CCNc1cc(NCC2(C)CCCC2)nc(N)n1. The molecule has 100 valence electrons. The number of nitrogens with one attached hydrogen (secondary N) is 2. The predicted octanol–water partition coefficient (Wildman–Crippen LogP) is 2.48. The summed E-state index contributed by atoms with van der Waals surface area (Å²) in [7, 11) is 0. The summed E-state index contributed by atoms with van der Waals surface area (Å²) in [5, 5.41) is 6.55. The van der Waals surface area contributed by atoms with Gasteiger partial charge in [0.05, 0.1) is 0 Å². The zero-order valence-electron chi connectivity index (χ0n) is 11.3. The Kier molecular flexibility index (Phi) is 3.89. The molecule has 1 saturated carbocycles. The van der Waals surface area contributed by atoms with Gasteiger partial charge < -0.3 is 16.4 Å². The van der Waals surface area contributed by atoms with E-state index in [0.717, 1.165) is 24.7 Å². The highest BCUT2D eigenvalue weighted by Crippen LogP contribution is 2.37. The molecule has 1 heterocycles. The molecule has 0 aromatic carbocycles. The lowest BCUT2D eigenvalue weighted by Crippen LogP contribution is -2.23. The van der Waals surface area contributed by atoms with Gasteiger partial charge in [-0.2, -0.15) is 9.97 Å². The van der Waals surface area contributed by atoms with E-state index in [9.17, 15) is 0 Å². The largest absolute Gasteiger partial charge is 0.370 e. The lowest BCUT2D eigenvalue weighted by Gasteiger charge is -2.24. The molecule has 1 aromatic rings. The third kappa shape index (κ3) is 3.24. The molecule has 5 nitrogen and oxygen atoms in total. The predicted molar refractivity (Wildman–Crippen MR) is 75.7 cm³/mol. The zero-order chi connectivity index (χ0) is 13.0. The van der Waals surface area contributed by atoms with Crippen molar-refractivity contribution in [2.24, 2.45) is 5.41 Å². The minimum Gasteiger partial charge on any atom is -0.370 e. The minimum atomic E-state index is 0.313. The van der Waals surface area contributed by atoms with Gasteiger partial charge in [-0.1, -0.05) is 19.8 Å². The Morgan fingerprint density at radius 3 is 2.44 bits per heavy atom. The summed E-state index contributed by atoms with van der Waals surface area (Å²) in [5.74, 6) is 1.91. The number of hydrogen-bond acceptors (Lipinski definition) is 5. The summed E-state index contributed by atoms with van der Waals surface area (Å²) in [4.78, 5) is 8.36. The number of nitrogens with two attached hydrogens (primary N) is 1. The van der Waals surface area contributed by atoms with Gasteiger partial charge >= 0.3 is 0 Å². The summed E-state index contributed by atoms with van der Waals surface area (Å²) in [6.07, 6.45) is 5.26.